The van der Waals surface area contributed by atoms with E-state index in [0.717, 1.165) is 16.7 Å². The molecule has 0 unspecified atom stereocenters. The van der Waals surface area contributed by atoms with Crippen LogP contribution in [-0.4, -0.2) is 88.8 Å². The van der Waals surface area contributed by atoms with E-state index in [0.29, 0.717) is 70.7 Å². The van der Waals surface area contributed by atoms with Crippen LogP contribution in [-0.2, 0) is 19.7 Å². The number of hydrogen-bond acceptors (Lipinski definition) is 10. The second-order valence-corrected chi connectivity index (χ2v) is 15.5. The average Bonchev–Trinajstić information content (AvgIpc) is 3.80. The standard InChI is InChI=1S/C39H39BrFN7O4S/c1-5-52-37(50)33-31(44-35(36-42-14-17-53-36)45-34(33)29-12-11-27(41)18-30(29)40)22-46-15-16-47-28(20-46)21-48(38(47)51)32-13-8-25(19-43-32)24-6-9-26(10-7-24)39(3,4)23(2)49/h6-14,17-19,28,34H,5,15-16,20-22H2,1-4H3,(H,44,45)/t28-,34-/m0/s1. The van der Waals surface area contributed by atoms with E-state index in [1.54, 1.807) is 37.2 Å². The summed E-state index contributed by atoms with van der Waals surface area (Å²) in [4.78, 5) is 59.3. The van der Waals surface area contributed by atoms with Crippen LogP contribution in [0.5, 0.6) is 0 Å². The van der Waals surface area contributed by atoms with Gasteiger partial charge in [-0.05, 0) is 68.7 Å². The number of nitrogens with zero attached hydrogens (tertiary/aromatic N) is 6. The van der Waals surface area contributed by atoms with Gasteiger partial charge in [0.25, 0.3) is 0 Å². The number of pyridine rings is 1. The number of ketones is 1. The Balaban J connectivity index is 1.10. The van der Waals surface area contributed by atoms with Crippen molar-refractivity contribution < 1.29 is 23.5 Å². The summed E-state index contributed by atoms with van der Waals surface area (Å²) < 4.78 is 20.2. The molecule has 4 aromatic rings. The minimum absolute atomic E-state index is 0.0904. The number of esters is 1. The van der Waals surface area contributed by atoms with Gasteiger partial charge in [-0.15, -0.1) is 11.3 Å². The van der Waals surface area contributed by atoms with E-state index in [1.165, 1.54) is 23.5 Å². The van der Waals surface area contributed by atoms with Crippen LogP contribution in [0, 0.1) is 5.82 Å². The van der Waals surface area contributed by atoms with Crippen LogP contribution >= 0.6 is 27.3 Å². The number of thiazole rings is 1. The Morgan fingerprint density at radius 1 is 1.06 bits per heavy atom. The second-order valence-electron chi connectivity index (χ2n) is 13.8. The van der Waals surface area contributed by atoms with Gasteiger partial charge in [-0.3, -0.25) is 19.6 Å². The van der Waals surface area contributed by atoms with Gasteiger partial charge in [-0.25, -0.2) is 23.9 Å². The zero-order chi connectivity index (χ0) is 37.4. The maximum absolute atomic E-state index is 14.2. The number of nitrogens with one attached hydrogen (secondary N) is 1. The third-order valence-corrected chi connectivity index (χ3v) is 11.6. The lowest BCUT2D eigenvalue weighted by molar-refractivity contribution is -0.139. The number of ether oxygens (including phenoxy) is 1. The van der Waals surface area contributed by atoms with Gasteiger partial charge in [0.1, 0.15) is 23.5 Å². The molecule has 0 radical (unpaired) electrons. The SMILES string of the molecule is CCOC(=O)C1=C(CN2CCN3C(=O)N(c4ccc(-c5ccc(C(C)(C)C(C)=O)cc5)cn4)C[C@@H]3C2)NC(c2nccs2)=N[C@H]1c1ccc(F)cc1Br. The molecule has 2 atom stereocenters. The summed E-state index contributed by atoms with van der Waals surface area (Å²) in [6.07, 6.45) is 3.46. The van der Waals surface area contributed by atoms with E-state index in [1.807, 2.05) is 60.5 Å². The number of carbonyl (C=O) groups is 3. The Morgan fingerprint density at radius 2 is 1.83 bits per heavy atom. The summed E-state index contributed by atoms with van der Waals surface area (Å²) in [6, 6.07) is 15.1. The Labute approximate surface area is 319 Å². The van der Waals surface area contributed by atoms with Crippen LogP contribution in [0.25, 0.3) is 11.1 Å². The normalized spacial score (nSPS) is 19.2. The molecule has 274 valence electrons. The number of urea groups is 1. The number of rotatable bonds is 10. The van der Waals surface area contributed by atoms with E-state index in [4.69, 9.17) is 9.73 Å². The first-order chi connectivity index (χ1) is 25.4. The lowest BCUT2D eigenvalue weighted by atomic mass is 9.81. The predicted octanol–water partition coefficient (Wildman–Crippen LogP) is 6.51. The number of anilines is 1. The fourth-order valence-electron chi connectivity index (χ4n) is 6.90. The van der Waals surface area contributed by atoms with Crippen LogP contribution < -0.4 is 10.2 Å². The molecule has 7 rings (SSSR count). The number of halogens is 2. The number of benzene rings is 2. The van der Waals surface area contributed by atoms with Crippen molar-refractivity contribution in [3.63, 3.8) is 0 Å². The molecule has 3 aliphatic rings. The zero-order valence-electron chi connectivity index (χ0n) is 29.8. The number of Topliss-reactive ketones (excluding diaryl/α,β-unsaturated/α-hetero) is 1. The molecule has 14 heteroatoms. The average molecular weight is 801 g/mol. The fourth-order valence-corrected chi connectivity index (χ4v) is 8.05. The largest absolute Gasteiger partial charge is 0.463 e. The summed E-state index contributed by atoms with van der Waals surface area (Å²) in [6.45, 7) is 9.85. The summed E-state index contributed by atoms with van der Waals surface area (Å²) in [5, 5.41) is 5.90. The first-order valence-corrected chi connectivity index (χ1v) is 19.1. The van der Waals surface area contributed by atoms with Crippen molar-refractivity contribution in [2.45, 2.75) is 45.2 Å². The van der Waals surface area contributed by atoms with Crippen molar-refractivity contribution in [1.29, 1.82) is 0 Å². The number of carbonyl (C=O) groups excluding carboxylic acids is 3. The smallest absolute Gasteiger partial charge is 0.338 e. The summed E-state index contributed by atoms with van der Waals surface area (Å²) in [5.41, 5.74) is 3.85. The van der Waals surface area contributed by atoms with Crippen LogP contribution in [0.1, 0.15) is 49.9 Å². The van der Waals surface area contributed by atoms with Gasteiger partial charge < -0.3 is 15.0 Å². The highest BCUT2D eigenvalue weighted by Crippen LogP contribution is 2.38. The van der Waals surface area contributed by atoms with Gasteiger partial charge in [0.15, 0.2) is 10.8 Å². The van der Waals surface area contributed by atoms with Crippen molar-refractivity contribution in [1.82, 2.24) is 25.1 Å². The Kier molecular flexibility index (Phi) is 10.3. The Hall–Kier alpha value is -4.79. The first kappa shape index (κ1) is 36.6. The molecule has 0 spiro atoms. The number of aliphatic imine (C=N–C) groups is 1. The molecule has 2 amide bonds. The first-order valence-electron chi connectivity index (χ1n) is 17.4. The minimum Gasteiger partial charge on any atom is -0.463 e. The van der Waals surface area contributed by atoms with Gasteiger partial charge in [-0.2, -0.15) is 0 Å². The van der Waals surface area contributed by atoms with Crippen molar-refractivity contribution in [3.05, 3.63) is 110 Å². The molecular formula is C39H39BrFN7O4S. The van der Waals surface area contributed by atoms with Crippen LogP contribution in [0.2, 0.25) is 0 Å². The third-order valence-electron chi connectivity index (χ3n) is 10.2. The third kappa shape index (κ3) is 7.27. The molecule has 3 aliphatic heterocycles. The molecule has 53 heavy (non-hydrogen) atoms. The predicted molar refractivity (Wildman–Crippen MR) is 205 cm³/mol. The molecule has 2 saturated heterocycles. The van der Waals surface area contributed by atoms with Gasteiger partial charge >= 0.3 is 12.0 Å². The molecule has 11 nitrogen and oxygen atoms in total. The lowest BCUT2D eigenvalue weighted by Crippen LogP contribution is -2.53. The number of piperazine rings is 1. The van der Waals surface area contributed by atoms with Gasteiger partial charge in [-0.1, -0.05) is 46.3 Å². The fraction of sp³-hybridized carbons (Fsp3) is 0.333. The second kappa shape index (κ2) is 14.9. The van der Waals surface area contributed by atoms with Gasteiger partial charge in [0.05, 0.1) is 24.8 Å². The topological polar surface area (TPSA) is 120 Å². The van der Waals surface area contributed by atoms with Crippen molar-refractivity contribution in [2.24, 2.45) is 4.99 Å². The molecule has 5 heterocycles. The van der Waals surface area contributed by atoms with Crippen LogP contribution in [0.4, 0.5) is 15.0 Å². The number of amidine groups is 1. The zero-order valence-corrected chi connectivity index (χ0v) is 32.2. The molecule has 0 aliphatic carbocycles. The molecule has 2 aromatic carbocycles. The number of fused-ring (bicyclic) bond motifs is 1. The molecule has 0 bridgehead atoms. The highest BCUT2D eigenvalue weighted by molar-refractivity contribution is 9.10. The summed E-state index contributed by atoms with van der Waals surface area (Å²) >= 11 is 4.91. The number of hydrogen-bond donors (Lipinski definition) is 1. The van der Waals surface area contributed by atoms with E-state index in [9.17, 15) is 18.8 Å². The number of aromatic nitrogens is 2. The Morgan fingerprint density at radius 3 is 2.49 bits per heavy atom. The van der Waals surface area contributed by atoms with Crippen molar-refractivity contribution in [3.8, 4) is 11.1 Å². The Bertz CT molecular complexity index is 2100. The van der Waals surface area contributed by atoms with Crippen molar-refractivity contribution >= 4 is 56.7 Å². The van der Waals surface area contributed by atoms with E-state index in [2.05, 4.69) is 36.1 Å². The molecule has 1 N–H and O–H groups in total. The van der Waals surface area contributed by atoms with E-state index in [-0.39, 0.29) is 24.5 Å². The quantitative estimate of drug-likeness (QED) is 0.181. The maximum atomic E-state index is 14.2. The highest BCUT2D eigenvalue weighted by Gasteiger charge is 2.43. The van der Waals surface area contributed by atoms with E-state index >= 15 is 0 Å². The number of amides is 2. The van der Waals surface area contributed by atoms with Gasteiger partial charge in [0, 0.05) is 65.1 Å². The molecule has 0 saturated carbocycles. The van der Waals surface area contributed by atoms with Crippen LogP contribution in [0.15, 0.2) is 93.1 Å². The summed E-state index contributed by atoms with van der Waals surface area (Å²) in [5.74, 6) is 0.271. The minimum atomic E-state index is -0.775. The maximum Gasteiger partial charge on any atom is 0.338 e. The molecule has 2 aromatic heterocycles. The van der Waals surface area contributed by atoms with E-state index < -0.39 is 23.2 Å². The lowest BCUT2D eigenvalue weighted by Gasteiger charge is -2.38. The molecule has 2 fully saturated rings. The van der Waals surface area contributed by atoms with Crippen molar-refractivity contribution in [2.75, 3.05) is 44.2 Å². The molecular weight excluding hydrogens is 761 g/mol. The van der Waals surface area contributed by atoms with Gasteiger partial charge in [0.2, 0.25) is 0 Å². The monoisotopic (exact) mass is 799 g/mol. The van der Waals surface area contributed by atoms with Crippen LogP contribution in [0.3, 0.4) is 0 Å². The highest BCUT2D eigenvalue weighted by atomic mass is 79.9. The summed E-state index contributed by atoms with van der Waals surface area (Å²) in [7, 11) is 0.